The normalized spacial score (nSPS) is 19.1. The highest BCUT2D eigenvalue weighted by Gasteiger charge is 2.26. The lowest BCUT2D eigenvalue weighted by atomic mass is 9.95. The summed E-state index contributed by atoms with van der Waals surface area (Å²) in [5, 5.41) is 14.7. The number of nitriles is 1. The van der Waals surface area contributed by atoms with Crippen LogP contribution in [0.4, 0.5) is 4.39 Å². The van der Waals surface area contributed by atoms with E-state index in [4.69, 9.17) is 10.00 Å². The zero-order valence-electron chi connectivity index (χ0n) is 17.5. The van der Waals surface area contributed by atoms with E-state index in [0.717, 1.165) is 31.4 Å². The second kappa shape index (κ2) is 10.2. The highest BCUT2D eigenvalue weighted by Crippen LogP contribution is 2.38. The van der Waals surface area contributed by atoms with E-state index in [1.165, 1.54) is 17.7 Å². The maximum absolute atomic E-state index is 13.4. The molecule has 2 aromatic carbocycles. The summed E-state index contributed by atoms with van der Waals surface area (Å²) in [4.78, 5) is 11.9. The number of hydrogen-bond acceptors (Lipinski definition) is 4. The molecule has 0 radical (unpaired) electrons. The van der Waals surface area contributed by atoms with Crippen LogP contribution in [-0.2, 0) is 0 Å². The lowest BCUT2D eigenvalue weighted by molar-refractivity contribution is 0.0958. The van der Waals surface area contributed by atoms with Gasteiger partial charge in [0, 0.05) is 23.2 Å². The Labute approximate surface area is 177 Å². The van der Waals surface area contributed by atoms with E-state index in [0.29, 0.717) is 23.1 Å². The first-order chi connectivity index (χ1) is 14.5. The minimum absolute atomic E-state index is 0.0140. The molecule has 1 amide bonds. The van der Waals surface area contributed by atoms with Gasteiger partial charge >= 0.3 is 0 Å². The van der Waals surface area contributed by atoms with Crippen LogP contribution in [0.5, 0.6) is 5.75 Å². The van der Waals surface area contributed by atoms with Gasteiger partial charge in [-0.1, -0.05) is 18.2 Å². The third kappa shape index (κ3) is 5.37. The van der Waals surface area contributed by atoms with Crippen LogP contribution in [0.25, 0.3) is 0 Å². The van der Waals surface area contributed by atoms with Crippen LogP contribution >= 0.6 is 0 Å². The largest absolute Gasteiger partial charge is 0.496 e. The predicted octanol–water partition coefficient (Wildman–Crippen LogP) is 4.32. The molecule has 3 atom stereocenters. The van der Waals surface area contributed by atoms with Gasteiger partial charge in [-0.05, 0) is 68.3 Å². The van der Waals surface area contributed by atoms with Gasteiger partial charge < -0.3 is 15.4 Å². The second-order valence-electron chi connectivity index (χ2n) is 7.86. The Kier molecular flexibility index (Phi) is 7.42. The fourth-order valence-corrected chi connectivity index (χ4v) is 4.19. The second-order valence-corrected chi connectivity index (χ2v) is 7.86. The molecule has 0 bridgehead atoms. The summed E-state index contributed by atoms with van der Waals surface area (Å²) in [6.07, 6.45) is 3.37. The number of carbonyl (C=O) groups excluding carboxylic acids is 1. The number of carbonyl (C=O) groups is 1. The van der Waals surface area contributed by atoms with Crippen molar-refractivity contribution < 1.29 is 13.9 Å². The maximum atomic E-state index is 13.4. The van der Waals surface area contributed by atoms with Gasteiger partial charge in [0.1, 0.15) is 18.1 Å². The lowest BCUT2D eigenvalue weighted by Crippen LogP contribution is -2.25. The quantitative estimate of drug-likeness (QED) is 0.637. The smallest absolute Gasteiger partial charge is 0.252 e. The molecule has 3 unspecified atom stereocenters. The van der Waals surface area contributed by atoms with Crippen molar-refractivity contribution in [2.45, 2.75) is 38.1 Å². The Bertz CT molecular complexity index is 908. The van der Waals surface area contributed by atoms with Crippen molar-refractivity contribution in [2.75, 3.05) is 20.2 Å². The molecule has 1 aliphatic carbocycles. The Balaban J connectivity index is 1.52. The molecule has 0 heterocycles. The zero-order valence-corrected chi connectivity index (χ0v) is 17.5. The molecule has 2 N–H and O–H groups in total. The molecule has 2 aromatic rings. The molecule has 1 fully saturated rings. The van der Waals surface area contributed by atoms with Crippen LogP contribution < -0.4 is 15.4 Å². The van der Waals surface area contributed by atoms with Crippen LogP contribution in [-0.4, -0.2) is 26.1 Å². The fraction of sp³-hybridized carbons (Fsp3) is 0.417. The molecule has 3 rings (SSSR count). The first-order valence-corrected chi connectivity index (χ1v) is 10.3. The summed E-state index contributed by atoms with van der Waals surface area (Å²) in [5.41, 5.74) is 2.79. The van der Waals surface area contributed by atoms with Crippen LogP contribution in [0.2, 0.25) is 0 Å². The summed E-state index contributed by atoms with van der Waals surface area (Å²) in [6.45, 7) is 2.98. The Morgan fingerprint density at radius 2 is 2.03 bits per heavy atom. The molecule has 0 aliphatic heterocycles. The standard InChI is InChI=1S/C24H28FN3O2/c1-16(22-10-9-21(25)14-23(22)30-2)28-15-17-3-4-20(13-17)18-5-7-19(8-6-18)24(29)27-12-11-26/h5-10,14,16-17,20,28H,3-4,12-13,15H2,1-2H3,(H,27,29). The van der Waals surface area contributed by atoms with Crippen molar-refractivity contribution in [3.63, 3.8) is 0 Å². The minimum atomic E-state index is -0.296. The maximum Gasteiger partial charge on any atom is 0.252 e. The van der Waals surface area contributed by atoms with Gasteiger partial charge in [-0.2, -0.15) is 5.26 Å². The fourth-order valence-electron chi connectivity index (χ4n) is 4.19. The molecule has 1 saturated carbocycles. The number of benzene rings is 2. The van der Waals surface area contributed by atoms with E-state index in [1.807, 2.05) is 30.3 Å². The van der Waals surface area contributed by atoms with Crippen molar-refractivity contribution in [2.24, 2.45) is 5.92 Å². The van der Waals surface area contributed by atoms with Crippen molar-refractivity contribution in [1.82, 2.24) is 10.6 Å². The van der Waals surface area contributed by atoms with E-state index in [9.17, 15) is 9.18 Å². The van der Waals surface area contributed by atoms with Crippen LogP contribution in [0.3, 0.4) is 0 Å². The summed E-state index contributed by atoms with van der Waals surface area (Å²) >= 11 is 0. The summed E-state index contributed by atoms with van der Waals surface area (Å²) in [7, 11) is 1.56. The molecule has 0 spiro atoms. The molecule has 0 saturated heterocycles. The number of hydrogen-bond donors (Lipinski definition) is 2. The van der Waals surface area contributed by atoms with Gasteiger partial charge in [-0.3, -0.25) is 4.79 Å². The molecular formula is C24H28FN3O2. The molecule has 158 valence electrons. The van der Waals surface area contributed by atoms with Crippen molar-refractivity contribution in [1.29, 1.82) is 5.26 Å². The summed E-state index contributed by atoms with van der Waals surface area (Å²) in [6, 6.07) is 14.3. The monoisotopic (exact) mass is 409 g/mol. The van der Waals surface area contributed by atoms with Crippen LogP contribution in [0.1, 0.15) is 59.6 Å². The highest BCUT2D eigenvalue weighted by molar-refractivity contribution is 5.94. The first-order valence-electron chi connectivity index (χ1n) is 10.3. The minimum Gasteiger partial charge on any atom is -0.496 e. The Morgan fingerprint density at radius 1 is 1.27 bits per heavy atom. The summed E-state index contributed by atoms with van der Waals surface area (Å²) in [5.74, 6) is 1.11. The number of methoxy groups -OCH3 is 1. The summed E-state index contributed by atoms with van der Waals surface area (Å²) < 4.78 is 18.7. The van der Waals surface area contributed by atoms with E-state index in [2.05, 4.69) is 17.6 Å². The molecular weight excluding hydrogens is 381 g/mol. The van der Waals surface area contributed by atoms with E-state index in [-0.39, 0.29) is 24.3 Å². The number of rotatable bonds is 8. The first kappa shape index (κ1) is 21.8. The Hall–Kier alpha value is -2.91. The molecule has 6 heteroatoms. The van der Waals surface area contributed by atoms with Gasteiger partial charge in [-0.25, -0.2) is 4.39 Å². The third-order valence-corrected chi connectivity index (χ3v) is 5.89. The average Bonchev–Trinajstić information content (AvgIpc) is 3.24. The van der Waals surface area contributed by atoms with E-state index in [1.54, 1.807) is 13.2 Å². The van der Waals surface area contributed by atoms with Crippen LogP contribution in [0.15, 0.2) is 42.5 Å². The van der Waals surface area contributed by atoms with Crippen molar-refractivity contribution in [3.8, 4) is 11.8 Å². The number of nitrogens with zero attached hydrogens (tertiary/aromatic N) is 1. The molecule has 5 nitrogen and oxygen atoms in total. The lowest BCUT2D eigenvalue weighted by Gasteiger charge is -2.20. The Morgan fingerprint density at radius 3 is 2.73 bits per heavy atom. The SMILES string of the molecule is COc1cc(F)ccc1C(C)NCC1CCC(c2ccc(C(=O)NCC#N)cc2)C1. The number of nitrogens with one attached hydrogen (secondary N) is 2. The molecule has 30 heavy (non-hydrogen) atoms. The average molecular weight is 410 g/mol. The van der Waals surface area contributed by atoms with Crippen molar-refractivity contribution >= 4 is 5.91 Å². The van der Waals surface area contributed by atoms with Crippen LogP contribution in [0, 0.1) is 23.1 Å². The van der Waals surface area contributed by atoms with Gasteiger partial charge in [0.05, 0.1) is 13.2 Å². The van der Waals surface area contributed by atoms with Crippen molar-refractivity contribution in [3.05, 3.63) is 65.0 Å². The molecule has 1 aliphatic rings. The highest BCUT2D eigenvalue weighted by atomic mass is 19.1. The van der Waals surface area contributed by atoms with Gasteiger partial charge in [-0.15, -0.1) is 0 Å². The number of halogens is 1. The predicted molar refractivity (Wildman–Crippen MR) is 114 cm³/mol. The molecule has 0 aromatic heterocycles. The third-order valence-electron chi connectivity index (χ3n) is 5.89. The van der Waals surface area contributed by atoms with E-state index < -0.39 is 0 Å². The van der Waals surface area contributed by atoms with Gasteiger partial charge in [0.25, 0.3) is 5.91 Å². The zero-order chi connectivity index (χ0) is 21.5. The number of amides is 1. The van der Waals surface area contributed by atoms with Gasteiger partial charge in [0.15, 0.2) is 0 Å². The number of ether oxygens (including phenoxy) is 1. The van der Waals surface area contributed by atoms with Gasteiger partial charge in [0.2, 0.25) is 0 Å². The van der Waals surface area contributed by atoms with E-state index >= 15 is 0 Å². The topological polar surface area (TPSA) is 74.2 Å².